The van der Waals surface area contributed by atoms with Gasteiger partial charge in [-0.25, -0.2) is 0 Å². The molecular weight excluding hydrogens is 323 g/mol. The van der Waals surface area contributed by atoms with E-state index < -0.39 is 0 Å². The Kier molecular flexibility index (Phi) is 5.17. The van der Waals surface area contributed by atoms with Crippen LogP contribution in [0.15, 0.2) is 41.5 Å². The van der Waals surface area contributed by atoms with E-state index in [9.17, 15) is 0 Å². The van der Waals surface area contributed by atoms with Crippen LogP contribution in [0.4, 0.5) is 0 Å². The van der Waals surface area contributed by atoms with E-state index in [1.54, 1.807) is 0 Å². The average molecular weight is 341 g/mol. The van der Waals surface area contributed by atoms with Gasteiger partial charge in [-0.3, -0.25) is 0 Å². The average Bonchev–Trinajstić information content (AvgIpc) is 3.01. The van der Waals surface area contributed by atoms with Crippen molar-refractivity contribution < 1.29 is 0 Å². The first-order valence-corrected chi connectivity index (χ1v) is 8.94. The Morgan fingerprint density at radius 3 is 2.90 bits per heavy atom. The molecule has 5 heteroatoms. The number of benzene rings is 1. The van der Waals surface area contributed by atoms with E-state index in [1.807, 2.05) is 30.0 Å². The lowest BCUT2D eigenvalue weighted by Gasteiger charge is -2.33. The molecule has 2 heterocycles. The molecule has 21 heavy (non-hydrogen) atoms. The summed E-state index contributed by atoms with van der Waals surface area (Å²) in [5.74, 6) is 1.04. The summed E-state index contributed by atoms with van der Waals surface area (Å²) in [5, 5.41) is 7.05. The maximum Gasteiger partial charge on any atom is 0.0470 e. The Morgan fingerprint density at radius 2 is 2.24 bits per heavy atom. The minimum atomic E-state index is 0.524. The van der Waals surface area contributed by atoms with Crippen LogP contribution in [-0.4, -0.2) is 29.8 Å². The molecule has 0 aromatic heterocycles. The number of hydrogen-bond acceptors (Lipinski definition) is 3. The van der Waals surface area contributed by atoms with Crippen molar-refractivity contribution >= 4 is 35.0 Å². The lowest BCUT2D eigenvalue weighted by molar-refractivity contribution is 0.266. The molecule has 2 aliphatic heterocycles. The van der Waals surface area contributed by atoms with Crippen molar-refractivity contribution in [3.8, 4) is 0 Å². The van der Waals surface area contributed by atoms with Gasteiger partial charge in [0.25, 0.3) is 0 Å². The molecule has 0 radical (unpaired) electrons. The number of nitrogens with zero attached hydrogens (tertiary/aromatic N) is 1. The topological polar surface area (TPSA) is 15.3 Å². The third kappa shape index (κ3) is 3.78. The first-order valence-electron chi connectivity index (χ1n) is 7.13. The Labute approximate surface area is 140 Å². The van der Waals surface area contributed by atoms with Gasteiger partial charge in [-0.1, -0.05) is 35.3 Å². The fraction of sp³-hybridized carbons (Fsp3) is 0.375. The van der Waals surface area contributed by atoms with Gasteiger partial charge in [0, 0.05) is 40.6 Å². The molecule has 0 aliphatic carbocycles. The molecule has 1 fully saturated rings. The van der Waals surface area contributed by atoms with E-state index in [0.717, 1.165) is 36.0 Å². The van der Waals surface area contributed by atoms with Crippen LogP contribution in [0, 0.1) is 0 Å². The minimum absolute atomic E-state index is 0.524. The molecule has 2 nitrogen and oxygen atoms in total. The molecule has 0 spiro atoms. The van der Waals surface area contributed by atoms with Crippen LogP contribution in [0.3, 0.4) is 0 Å². The SMILES string of the molecule is Clc1ccc(CN(C2=CCSC=C2)[C@H]2CCNC2)c(Cl)c1. The molecule has 1 atom stereocenters. The smallest absolute Gasteiger partial charge is 0.0470 e. The molecular formula is C16H18Cl2N2S. The maximum absolute atomic E-state index is 6.35. The zero-order valence-corrected chi connectivity index (χ0v) is 14.0. The molecule has 112 valence electrons. The van der Waals surface area contributed by atoms with E-state index in [0.29, 0.717) is 11.1 Å². The van der Waals surface area contributed by atoms with Crippen LogP contribution in [-0.2, 0) is 6.54 Å². The summed E-state index contributed by atoms with van der Waals surface area (Å²) >= 11 is 14.2. The lowest BCUT2D eigenvalue weighted by atomic mass is 10.1. The van der Waals surface area contributed by atoms with Crippen molar-refractivity contribution in [1.29, 1.82) is 0 Å². The van der Waals surface area contributed by atoms with Gasteiger partial charge in [0.2, 0.25) is 0 Å². The number of halogens is 2. The summed E-state index contributed by atoms with van der Waals surface area (Å²) in [6.07, 6.45) is 5.67. The van der Waals surface area contributed by atoms with E-state index >= 15 is 0 Å². The molecule has 2 aliphatic rings. The second-order valence-corrected chi connectivity index (χ2v) is 7.06. The first kappa shape index (κ1) is 15.3. The van der Waals surface area contributed by atoms with Crippen LogP contribution in [0.25, 0.3) is 0 Å². The molecule has 0 unspecified atom stereocenters. The number of thioether (sulfide) groups is 1. The van der Waals surface area contributed by atoms with Crippen LogP contribution in [0.5, 0.6) is 0 Å². The van der Waals surface area contributed by atoms with E-state index in [-0.39, 0.29) is 0 Å². The predicted octanol–water partition coefficient (Wildman–Crippen LogP) is 4.30. The molecule has 0 bridgehead atoms. The normalized spacial score (nSPS) is 21.4. The van der Waals surface area contributed by atoms with Gasteiger partial charge in [-0.15, -0.1) is 11.8 Å². The summed E-state index contributed by atoms with van der Waals surface area (Å²) in [4.78, 5) is 2.46. The quantitative estimate of drug-likeness (QED) is 0.879. The van der Waals surface area contributed by atoms with Crippen molar-refractivity contribution in [3.63, 3.8) is 0 Å². The summed E-state index contributed by atoms with van der Waals surface area (Å²) in [6.45, 7) is 2.94. The standard InChI is InChI=1S/C16H18Cl2N2S/c17-13-2-1-12(16(18)9-13)11-20(15-3-6-19-10-15)14-4-7-21-8-5-14/h1-2,4-5,7,9,15,19H,3,6,8,10-11H2/t15-/m0/s1. The molecule has 3 rings (SSSR count). The van der Waals surface area contributed by atoms with Crippen LogP contribution < -0.4 is 5.32 Å². The van der Waals surface area contributed by atoms with Gasteiger partial charge < -0.3 is 10.2 Å². The Balaban J connectivity index is 1.84. The number of nitrogens with one attached hydrogen (secondary N) is 1. The second kappa shape index (κ2) is 7.10. The van der Waals surface area contributed by atoms with Crippen LogP contribution >= 0.6 is 35.0 Å². The largest absolute Gasteiger partial charge is 0.363 e. The summed E-state index contributed by atoms with van der Waals surface area (Å²) in [5.41, 5.74) is 2.42. The number of allylic oxidation sites excluding steroid dienone is 1. The third-order valence-electron chi connectivity index (χ3n) is 3.89. The molecule has 1 aromatic rings. The van der Waals surface area contributed by atoms with Gasteiger partial charge in [-0.05, 0) is 42.1 Å². The number of rotatable bonds is 4. The van der Waals surface area contributed by atoms with Gasteiger partial charge in [-0.2, -0.15) is 0 Å². The molecule has 1 saturated heterocycles. The minimum Gasteiger partial charge on any atom is -0.363 e. The third-order valence-corrected chi connectivity index (χ3v) is 5.16. The highest BCUT2D eigenvalue weighted by Crippen LogP contribution is 2.28. The molecule has 0 amide bonds. The van der Waals surface area contributed by atoms with Gasteiger partial charge >= 0.3 is 0 Å². The Morgan fingerprint density at radius 1 is 1.33 bits per heavy atom. The van der Waals surface area contributed by atoms with E-state index in [4.69, 9.17) is 23.2 Å². The first-order chi connectivity index (χ1) is 10.2. The van der Waals surface area contributed by atoms with E-state index in [1.165, 1.54) is 12.1 Å². The Bertz CT molecular complexity index is 565. The Hall–Kier alpha value is -0.610. The lowest BCUT2D eigenvalue weighted by Crippen LogP contribution is -2.35. The highest BCUT2D eigenvalue weighted by Gasteiger charge is 2.24. The monoisotopic (exact) mass is 340 g/mol. The fourth-order valence-electron chi connectivity index (χ4n) is 2.76. The summed E-state index contributed by atoms with van der Waals surface area (Å²) < 4.78 is 0. The van der Waals surface area contributed by atoms with Gasteiger partial charge in [0.1, 0.15) is 0 Å². The molecule has 1 aromatic carbocycles. The summed E-state index contributed by atoms with van der Waals surface area (Å²) in [6, 6.07) is 6.29. The summed E-state index contributed by atoms with van der Waals surface area (Å²) in [7, 11) is 0. The van der Waals surface area contributed by atoms with Crippen LogP contribution in [0.1, 0.15) is 12.0 Å². The van der Waals surface area contributed by atoms with Crippen molar-refractivity contribution in [2.24, 2.45) is 0 Å². The van der Waals surface area contributed by atoms with Gasteiger partial charge in [0.15, 0.2) is 0 Å². The van der Waals surface area contributed by atoms with Crippen molar-refractivity contribution in [3.05, 3.63) is 57.1 Å². The highest BCUT2D eigenvalue weighted by atomic mass is 35.5. The number of hydrogen-bond donors (Lipinski definition) is 1. The molecule has 1 N–H and O–H groups in total. The maximum atomic E-state index is 6.35. The van der Waals surface area contributed by atoms with Crippen molar-refractivity contribution in [2.75, 3.05) is 18.8 Å². The fourth-order valence-corrected chi connectivity index (χ4v) is 3.84. The molecule has 0 saturated carbocycles. The van der Waals surface area contributed by atoms with Crippen molar-refractivity contribution in [1.82, 2.24) is 10.2 Å². The van der Waals surface area contributed by atoms with Gasteiger partial charge in [0.05, 0.1) is 0 Å². The zero-order valence-electron chi connectivity index (χ0n) is 11.7. The second-order valence-electron chi connectivity index (χ2n) is 5.28. The predicted molar refractivity (Wildman–Crippen MR) is 93.0 cm³/mol. The zero-order chi connectivity index (χ0) is 14.7. The van der Waals surface area contributed by atoms with Crippen molar-refractivity contribution in [2.45, 2.75) is 19.0 Å². The van der Waals surface area contributed by atoms with E-state index in [2.05, 4.69) is 27.8 Å². The van der Waals surface area contributed by atoms with Crippen LogP contribution in [0.2, 0.25) is 10.0 Å². The highest BCUT2D eigenvalue weighted by molar-refractivity contribution is 8.02.